The fourth-order valence-corrected chi connectivity index (χ4v) is 2.69. The summed E-state index contributed by atoms with van der Waals surface area (Å²) in [5.41, 5.74) is 0.439. The number of nitrogens with zero attached hydrogens (tertiary/aromatic N) is 3. The molecule has 0 spiro atoms. The summed E-state index contributed by atoms with van der Waals surface area (Å²) in [6.45, 7) is 7.03. The smallest absolute Gasteiger partial charge is 0.274 e. The summed E-state index contributed by atoms with van der Waals surface area (Å²) in [4.78, 5) is 14.5. The zero-order valence-corrected chi connectivity index (χ0v) is 11.9. The third kappa shape index (κ3) is 2.85. The molecule has 1 N–H and O–H groups in total. The van der Waals surface area contributed by atoms with E-state index in [4.69, 9.17) is 0 Å². The van der Waals surface area contributed by atoms with Crippen molar-refractivity contribution in [2.45, 2.75) is 52.1 Å². The van der Waals surface area contributed by atoms with Crippen molar-refractivity contribution in [2.75, 3.05) is 11.9 Å². The molecule has 1 aliphatic heterocycles. The third-order valence-corrected chi connectivity index (χ3v) is 3.73. The molecule has 2 rings (SSSR count). The second kappa shape index (κ2) is 5.99. The largest absolute Gasteiger partial charge is 0.369 e. The summed E-state index contributed by atoms with van der Waals surface area (Å²) in [5.74, 6) is 0.716. The Bertz CT molecular complexity index is 432. The number of hydrogen-bond acceptors (Lipinski definition) is 4. The molecule has 19 heavy (non-hydrogen) atoms. The maximum atomic E-state index is 12.5. The van der Waals surface area contributed by atoms with Gasteiger partial charge in [0.1, 0.15) is 5.82 Å². The minimum absolute atomic E-state index is 0.00685. The average Bonchev–Trinajstić information content (AvgIpc) is 2.80. The Hall–Kier alpha value is -1.65. The van der Waals surface area contributed by atoms with Crippen LogP contribution in [0.3, 0.4) is 0 Å². The molecule has 5 heteroatoms. The number of rotatable bonds is 4. The molecule has 1 saturated heterocycles. The zero-order valence-electron chi connectivity index (χ0n) is 11.9. The van der Waals surface area contributed by atoms with Crippen LogP contribution >= 0.6 is 0 Å². The van der Waals surface area contributed by atoms with Gasteiger partial charge in [-0.05, 0) is 45.2 Å². The quantitative estimate of drug-likeness (QED) is 0.904. The third-order valence-electron chi connectivity index (χ3n) is 3.73. The van der Waals surface area contributed by atoms with Crippen LogP contribution in [0.1, 0.15) is 50.5 Å². The van der Waals surface area contributed by atoms with Crippen molar-refractivity contribution in [3.05, 3.63) is 17.8 Å². The van der Waals surface area contributed by atoms with Crippen LogP contribution in [0.2, 0.25) is 0 Å². The first-order chi connectivity index (χ1) is 9.17. The summed E-state index contributed by atoms with van der Waals surface area (Å²) in [6.07, 6.45) is 3.17. The molecule has 1 aromatic heterocycles. The first kappa shape index (κ1) is 13.8. The minimum atomic E-state index is 0.00685. The highest BCUT2D eigenvalue weighted by atomic mass is 16.2. The highest BCUT2D eigenvalue weighted by molar-refractivity contribution is 5.92. The van der Waals surface area contributed by atoms with Crippen molar-refractivity contribution >= 4 is 11.7 Å². The van der Waals surface area contributed by atoms with Crippen molar-refractivity contribution in [1.82, 2.24) is 15.1 Å². The van der Waals surface area contributed by atoms with Crippen LogP contribution in [0, 0.1) is 0 Å². The molecule has 1 aromatic rings. The molecule has 2 unspecified atom stereocenters. The van der Waals surface area contributed by atoms with Gasteiger partial charge in [-0.1, -0.05) is 6.92 Å². The number of carbonyl (C=O) groups is 1. The molecule has 1 aliphatic rings. The topological polar surface area (TPSA) is 58.1 Å². The number of anilines is 1. The van der Waals surface area contributed by atoms with E-state index in [0.717, 1.165) is 25.8 Å². The van der Waals surface area contributed by atoms with E-state index in [-0.39, 0.29) is 5.91 Å². The highest BCUT2D eigenvalue weighted by Gasteiger charge is 2.34. The summed E-state index contributed by atoms with van der Waals surface area (Å²) in [7, 11) is 0. The Kier molecular flexibility index (Phi) is 4.35. The zero-order chi connectivity index (χ0) is 13.8. The molecule has 1 fully saturated rings. The van der Waals surface area contributed by atoms with Gasteiger partial charge in [-0.25, -0.2) is 0 Å². The molecule has 0 radical (unpaired) electrons. The van der Waals surface area contributed by atoms with E-state index >= 15 is 0 Å². The van der Waals surface area contributed by atoms with Crippen LogP contribution in [-0.2, 0) is 0 Å². The van der Waals surface area contributed by atoms with Crippen LogP contribution in [-0.4, -0.2) is 39.6 Å². The summed E-state index contributed by atoms with van der Waals surface area (Å²) < 4.78 is 0. The van der Waals surface area contributed by atoms with Crippen molar-refractivity contribution in [1.29, 1.82) is 0 Å². The predicted octanol–water partition coefficient (Wildman–Crippen LogP) is 2.31. The Labute approximate surface area is 114 Å². The van der Waals surface area contributed by atoms with E-state index in [0.29, 0.717) is 23.6 Å². The molecule has 0 bridgehead atoms. The van der Waals surface area contributed by atoms with Gasteiger partial charge in [0.05, 0.1) is 0 Å². The Balaban J connectivity index is 2.14. The standard InChI is InChI=1S/C14H22N4O/c1-4-11-7-6-10(3)18(11)14(19)12-8-9-13(15-5-2)17-16-12/h8-11H,4-7H2,1-3H3,(H,15,17). The van der Waals surface area contributed by atoms with Crippen molar-refractivity contribution in [3.8, 4) is 0 Å². The van der Waals surface area contributed by atoms with Gasteiger partial charge in [0, 0.05) is 18.6 Å². The van der Waals surface area contributed by atoms with Gasteiger partial charge < -0.3 is 10.2 Å². The number of amides is 1. The minimum Gasteiger partial charge on any atom is -0.369 e. The number of hydrogen-bond donors (Lipinski definition) is 1. The van der Waals surface area contributed by atoms with Gasteiger partial charge in [-0.2, -0.15) is 0 Å². The molecule has 0 aromatic carbocycles. The van der Waals surface area contributed by atoms with Gasteiger partial charge in [-0.15, -0.1) is 10.2 Å². The first-order valence-corrected chi connectivity index (χ1v) is 7.07. The maximum Gasteiger partial charge on any atom is 0.274 e. The fraction of sp³-hybridized carbons (Fsp3) is 0.643. The fourth-order valence-electron chi connectivity index (χ4n) is 2.69. The summed E-state index contributed by atoms with van der Waals surface area (Å²) in [5, 5.41) is 11.1. The lowest BCUT2D eigenvalue weighted by Crippen LogP contribution is -2.40. The monoisotopic (exact) mass is 262 g/mol. The normalized spacial score (nSPS) is 22.6. The van der Waals surface area contributed by atoms with Gasteiger partial charge in [0.2, 0.25) is 0 Å². The lowest BCUT2D eigenvalue weighted by molar-refractivity contribution is 0.0669. The molecular formula is C14H22N4O. The molecule has 104 valence electrons. The summed E-state index contributed by atoms with van der Waals surface area (Å²) >= 11 is 0. The number of likely N-dealkylation sites (tertiary alicyclic amines) is 1. The SMILES string of the molecule is CCNc1ccc(C(=O)N2C(C)CCC2CC)nn1. The Morgan fingerprint density at radius 1 is 1.37 bits per heavy atom. The molecule has 0 aliphatic carbocycles. The van der Waals surface area contributed by atoms with E-state index < -0.39 is 0 Å². The van der Waals surface area contributed by atoms with Crippen LogP contribution < -0.4 is 5.32 Å². The van der Waals surface area contributed by atoms with Crippen molar-refractivity contribution in [2.24, 2.45) is 0 Å². The van der Waals surface area contributed by atoms with E-state index in [2.05, 4.69) is 29.4 Å². The van der Waals surface area contributed by atoms with Gasteiger partial charge in [-0.3, -0.25) is 4.79 Å². The van der Waals surface area contributed by atoms with Crippen LogP contribution in [0.5, 0.6) is 0 Å². The lowest BCUT2D eigenvalue weighted by Gasteiger charge is -2.27. The van der Waals surface area contributed by atoms with Crippen LogP contribution in [0.25, 0.3) is 0 Å². The lowest BCUT2D eigenvalue weighted by atomic mass is 10.1. The highest BCUT2D eigenvalue weighted by Crippen LogP contribution is 2.27. The average molecular weight is 262 g/mol. The van der Waals surface area contributed by atoms with E-state index in [9.17, 15) is 4.79 Å². The van der Waals surface area contributed by atoms with Crippen molar-refractivity contribution < 1.29 is 4.79 Å². The number of carbonyl (C=O) groups excluding carboxylic acids is 1. The van der Waals surface area contributed by atoms with Crippen molar-refractivity contribution in [3.63, 3.8) is 0 Å². The molecule has 1 amide bonds. The Morgan fingerprint density at radius 3 is 2.74 bits per heavy atom. The van der Waals surface area contributed by atoms with Gasteiger partial charge >= 0.3 is 0 Å². The van der Waals surface area contributed by atoms with E-state index in [1.165, 1.54) is 0 Å². The predicted molar refractivity (Wildman–Crippen MR) is 75.1 cm³/mol. The first-order valence-electron chi connectivity index (χ1n) is 7.07. The summed E-state index contributed by atoms with van der Waals surface area (Å²) in [6, 6.07) is 4.21. The maximum absolute atomic E-state index is 12.5. The van der Waals surface area contributed by atoms with Gasteiger partial charge in [0.25, 0.3) is 5.91 Å². The molecular weight excluding hydrogens is 240 g/mol. The Morgan fingerprint density at radius 2 is 2.16 bits per heavy atom. The molecule has 0 saturated carbocycles. The van der Waals surface area contributed by atoms with E-state index in [1.54, 1.807) is 6.07 Å². The molecule has 2 heterocycles. The second-order valence-corrected chi connectivity index (χ2v) is 5.04. The van der Waals surface area contributed by atoms with E-state index in [1.807, 2.05) is 17.9 Å². The molecule has 5 nitrogen and oxygen atoms in total. The number of aromatic nitrogens is 2. The van der Waals surface area contributed by atoms with Crippen LogP contribution in [0.4, 0.5) is 5.82 Å². The second-order valence-electron chi connectivity index (χ2n) is 5.04. The number of nitrogens with one attached hydrogen (secondary N) is 1. The van der Waals surface area contributed by atoms with Crippen LogP contribution in [0.15, 0.2) is 12.1 Å². The molecule has 2 atom stereocenters. The van der Waals surface area contributed by atoms with Gasteiger partial charge in [0.15, 0.2) is 5.69 Å².